The van der Waals surface area contributed by atoms with Crippen LogP contribution in [0.3, 0.4) is 0 Å². The lowest BCUT2D eigenvalue weighted by Crippen LogP contribution is -2.48. The lowest BCUT2D eigenvalue weighted by molar-refractivity contribution is 0.107. The third-order valence-electron chi connectivity index (χ3n) is 3.25. The Bertz CT molecular complexity index is 154. The van der Waals surface area contributed by atoms with E-state index in [1.807, 2.05) is 0 Å². The fourth-order valence-corrected chi connectivity index (χ4v) is 2.51. The number of hydrogen-bond donors (Lipinski definition) is 0. The summed E-state index contributed by atoms with van der Waals surface area (Å²) in [6.07, 6.45) is 4.06. The normalized spacial score (nSPS) is 20.0. The van der Waals surface area contributed by atoms with Crippen LogP contribution in [0.2, 0.25) is 0 Å². The Balaban J connectivity index is 2.04. The molecule has 0 unspecified atom stereocenters. The molecular formula is C12H25BrN2. The molecule has 0 aliphatic carbocycles. The van der Waals surface area contributed by atoms with Crippen LogP contribution in [0.4, 0.5) is 0 Å². The summed E-state index contributed by atoms with van der Waals surface area (Å²) in [6.45, 7) is 11.0. The minimum Gasteiger partial charge on any atom is -0.301 e. The molecule has 3 heteroatoms. The minimum atomic E-state index is 0.723. The van der Waals surface area contributed by atoms with Crippen LogP contribution in [0.25, 0.3) is 0 Å². The Hall–Kier alpha value is 0.400. The van der Waals surface area contributed by atoms with E-state index in [9.17, 15) is 0 Å². The Morgan fingerprint density at radius 1 is 1.00 bits per heavy atom. The van der Waals surface area contributed by atoms with Crippen LogP contribution >= 0.6 is 15.9 Å². The van der Waals surface area contributed by atoms with Gasteiger partial charge in [0.25, 0.3) is 0 Å². The Morgan fingerprint density at radius 2 is 1.67 bits per heavy atom. The summed E-state index contributed by atoms with van der Waals surface area (Å²) in [4.78, 5) is 5.20. The van der Waals surface area contributed by atoms with Crippen molar-refractivity contribution in [2.24, 2.45) is 0 Å². The zero-order valence-corrected chi connectivity index (χ0v) is 11.8. The zero-order valence-electron chi connectivity index (χ0n) is 10.2. The SMILES string of the molecule is CC(C)N1CCN(CCCCCBr)CC1. The molecule has 1 saturated heterocycles. The highest BCUT2D eigenvalue weighted by Crippen LogP contribution is 2.07. The van der Waals surface area contributed by atoms with Gasteiger partial charge in [0.1, 0.15) is 0 Å². The molecule has 0 spiro atoms. The standard InChI is InChI=1S/C12H25BrN2/c1-12(2)15-10-8-14(9-11-15)7-5-3-4-6-13/h12H,3-11H2,1-2H3. The third-order valence-corrected chi connectivity index (χ3v) is 3.81. The number of piperazine rings is 1. The quantitative estimate of drug-likeness (QED) is 0.544. The monoisotopic (exact) mass is 276 g/mol. The average Bonchev–Trinajstić information content (AvgIpc) is 2.25. The Labute approximate surface area is 103 Å². The van der Waals surface area contributed by atoms with E-state index in [0.29, 0.717) is 0 Å². The van der Waals surface area contributed by atoms with Crippen LogP contribution in [0.1, 0.15) is 33.1 Å². The summed E-state index contributed by atoms with van der Waals surface area (Å²) in [5.41, 5.74) is 0. The molecule has 0 aromatic carbocycles. The zero-order chi connectivity index (χ0) is 11.1. The number of rotatable bonds is 6. The van der Waals surface area contributed by atoms with E-state index in [1.165, 1.54) is 52.0 Å². The van der Waals surface area contributed by atoms with Gasteiger partial charge in [-0.1, -0.05) is 22.4 Å². The van der Waals surface area contributed by atoms with Crippen LogP contribution in [0.15, 0.2) is 0 Å². The third kappa shape index (κ3) is 5.32. The van der Waals surface area contributed by atoms with Gasteiger partial charge in [0.15, 0.2) is 0 Å². The molecule has 1 aliphatic heterocycles. The molecule has 0 saturated carbocycles. The van der Waals surface area contributed by atoms with Crippen molar-refractivity contribution in [3.8, 4) is 0 Å². The first-order valence-electron chi connectivity index (χ1n) is 6.26. The lowest BCUT2D eigenvalue weighted by Gasteiger charge is -2.36. The van der Waals surface area contributed by atoms with Crippen LogP contribution in [-0.2, 0) is 0 Å². The summed E-state index contributed by atoms with van der Waals surface area (Å²) in [5, 5.41) is 1.16. The van der Waals surface area contributed by atoms with E-state index in [4.69, 9.17) is 0 Å². The maximum Gasteiger partial charge on any atom is 0.0113 e. The molecule has 0 radical (unpaired) electrons. The van der Waals surface area contributed by atoms with Crippen LogP contribution in [0, 0.1) is 0 Å². The molecular weight excluding hydrogens is 252 g/mol. The highest BCUT2D eigenvalue weighted by Gasteiger charge is 2.17. The second-order valence-electron chi connectivity index (χ2n) is 4.72. The fraction of sp³-hybridized carbons (Fsp3) is 1.00. The van der Waals surface area contributed by atoms with Gasteiger partial charge in [-0.15, -0.1) is 0 Å². The van der Waals surface area contributed by atoms with Crippen molar-refractivity contribution in [3.05, 3.63) is 0 Å². The van der Waals surface area contributed by atoms with Crippen molar-refractivity contribution in [2.45, 2.75) is 39.2 Å². The largest absolute Gasteiger partial charge is 0.301 e. The molecule has 90 valence electrons. The van der Waals surface area contributed by atoms with Crippen molar-refractivity contribution < 1.29 is 0 Å². The van der Waals surface area contributed by atoms with Crippen molar-refractivity contribution in [1.29, 1.82) is 0 Å². The van der Waals surface area contributed by atoms with Gasteiger partial charge < -0.3 is 4.90 Å². The molecule has 1 fully saturated rings. The second kappa shape index (κ2) is 7.64. The predicted molar refractivity (Wildman–Crippen MR) is 70.8 cm³/mol. The van der Waals surface area contributed by atoms with Gasteiger partial charge in [-0.3, -0.25) is 4.90 Å². The smallest absolute Gasteiger partial charge is 0.0113 e. The second-order valence-corrected chi connectivity index (χ2v) is 5.51. The molecule has 0 atom stereocenters. The van der Waals surface area contributed by atoms with Crippen LogP contribution in [0.5, 0.6) is 0 Å². The van der Waals surface area contributed by atoms with Gasteiger partial charge in [-0.05, 0) is 33.2 Å². The number of alkyl halides is 1. The molecule has 1 aliphatic rings. The number of halogens is 1. The first-order chi connectivity index (χ1) is 7.24. The van der Waals surface area contributed by atoms with Gasteiger partial charge in [0.05, 0.1) is 0 Å². The van der Waals surface area contributed by atoms with Gasteiger partial charge in [-0.25, -0.2) is 0 Å². The molecule has 1 rings (SSSR count). The fourth-order valence-electron chi connectivity index (χ4n) is 2.11. The molecule has 0 aromatic rings. The summed E-state index contributed by atoms with van der Waals surface area (Å²) < 4.78 is 0. The van der Waals surface area contributed by atoms with Crippen molar-refractivity contribution in [3.63, 3.8) is 0 Å². The van der Waals surface area contributed by atoms with E-state index in [2.05, 4.69) is 39.6 Å². The van der Waals surface area contributed by atoms with Crippen molar-refractivity contribution in [2.75, 3.05) is 38.1 Å². The molecule has 0 bridgehead atoms. The van der Waals surface area contributed by atoms with E-state index >= 15 is 0 Å². The van der Waals surface area contributed by atoms with Gasteiger partial charge in [0, 0.05) is 37.6 Å². The molecule has 1 heterocycles. The van der Waals surface area contributed by atoms with E-state index < -0.39 is 0 Å². The number of nitrogens with zero attached hydrogens (tertiary/aromatic N) is 2. The maximum absolute atomic E-state index is 3.48. The predicted octanol–water partition coefficient (Wildman–Crippen LogP) is 2.58. The van der Waals surface area contributed by atoms with Crippen molar-refractivity contribution >= 4 is 15.9 Å². The molecule has 0 amide bonds. The summed E-state index contributed by atoms with van der Waals surface area (Å²) in [7, 11) is 0. The van der Waals surface area contributed by atoms with Crippen molar-refractivity contribution in [1.82, 2.24) is 9.80 Å². The lowest BCUT2D eigenvalue weighted by atomic mass is 10.2. The van der Waals surface area contributed by atoms with E-state index in [-0.39, 0.29) is 0 Å². The van der Waals surface area contributed by atoms with Crippen LogP contribution in [-0.4, -0.2) is 53.9 Å². The Kier molecular flexibility index (Phi) is 6.86. The van der Waals surface area contributed by atoms with Gasteiger partial charge >= 0.3 is 0 Å². The Morgan fingerprint density at radius 3 is 2.20 bits per heavy atom. The van der Waals surface area contributed by atoms with Crippen LogP contribution < -0.4 is 0 Å². The minimum absolute atomic E-state index is 0.723. The highest BCUT2D eigenvalue weighted by molar-refractivity contribution is 9.09. The molecule has 2 nitrogen and oxygen atoms in total. The number of unbranched alkanes of at least 4 members (excludes halogenated alkanes) is 2. The van der Waals surface area contributed by atoms with E-state index in [0.717, 1.165) is 11.4 Å². The van der Waals surface area contributed by atoms with Gasteiger partial charge in [0.2, 0.25) is 0 Å². The summed E-state index contributed by atoms with van der Waals surface area (Å²) >= 11 is 3.48. The maximum atomic E-state index is 3.48. The first-order valence-corrected chi connectivity index (χ1v) is 7.38. The van der Waals surface area contributed by atoms with Gasteiger partial charge in [-0.2, -0.15) is 0 Å². The molecule has 0 aromatic heterocycles. The topological polar surface area (TPSA) is 6.48 Å². The first kappa shape index (κ1) is 13.5. The summed E-state index contributed by atoms with van der Waals surface area (Å²) in [5.74, 6) is 0. The molecule has 0 N–H and O–H groups in total. The summed E-state index contributed by atoms with van der Waals surface area (Å²) in [6, 6.07) is 0.723. The number of hydrogen-bond acceptors (Lipinski definition) is 2. The molecule has 15 heavy (non-hydrogen) atoms. The highest BCUT2D eigenvalue weighted by atomic mass is 79.9. The average molecular weight is 277 g/mol. The van der Waals surface area contributed by atoms with E-state index in [1.54, 1.807) is 0 Å².